The van der Waals surface area contributed by atoms with Gasteiger partial charge in [0.25, 0.3) is 0 Å². The highest BCUT2D eigenvalue weighted by molar-refractivity contribution is 6.02. The van der Waals surface area contributed by atoms with Gasteiger partial charge in [0.2, 0.25) is 0 Å². The number of carbonyl (C=O) groups is 1. The summed E-state index contributed by atoms with van der Waals surface area (Å²) < 4.78 is 50.2. The summed E-state index contributed by atoms with van der Waals surface area (Å²) in [7, 11) is 2.67. The number of hydrogen-bond donors (Lipinski definition) is 0. The maximum atomic E-state index is 12.6. The Hall–Kier alpha value is -3.54. The molecule has 0 spiro atoms. The van der Waals surface area contributed by atoms with Crippen LogP contribution in [0.1, 0.15) is 42.6 Å². The lowest BCUT2D eigenvalue weighted by Crippen LogP contribution is -2.14. The highest BCUT2D eigenvalue weighted by Gasteiger charge is 2.30. The normalized spacial score (nSPS) is 11.9. The summed E-state index contributed by atoms with van der Waals surface area (Å²) in [6, 6.07) is 9.03. The van der Waals surface area contributed by atoms with Crippen molar-refractivity contribution in [2.24, 2.45) is 0 Å². The third-order valence-electron chi connectivity index (χ3n) is 5.23. The van der Waals surface area contributed by atoms with E-state index in [1.165, 1.54) is 14.2 Å². The Morgan fingerprint density at radius 3 is 2.31 bits per heavy atom. The van der Waals surface area contributed by atoms with Gasteiger partial charge in [-0.15, -0.1) is 0 Å². The number of ether oxygens (including phenoxy) is 2. The number of nitrogens with zero attached hydrogens (tertiary/aromatic N) is 3. The fourth-order valence-electron chi connectivity index (χ4n) is 3.36. The van der Waals surface area contributed by atoms with Crippen molar-refractivity contribution in [2.75, 3.05) is 14.2 Å². The van der Waals surface area contributed by atoms with Gasteiger partial charge in [-0.05, 0) is 43.7 Å². The van der Waals surface area contributed by atoms with E-state index in [1.807, 2.05) is 26.0 Å². The van der Waals surface area contributed by atoms with Crippen molar-refractivity contribution in [1.29, 1.82) is 5.26 Å². The number of imidazole rings is 1. The Bertz CT molecular complexity index is 1180. The molecule has 0 aliphatic carbocycles. The summed E-state index contributed by atoms with van der Waals surface area (Å²) >= 11 is 0. The first-order valence-corrected chi connectivity index (χ1v) is 9.76. The number of rotatable bonds is 7. The Morgan fingerprint density at radius 1 is 1.16 bits per heavy atom. The van der Waals surface area contributed by atoms with Crippen molar-refractivity contribution in [2.45, 2.75) is 38.3 Å². The first-order chi connectivity index (χ1) is 15.0. The second-order valence-electron chi connectivity index (χ2n) is 7.82. The van der Waals surface area contributed by atoms with Crippen molar-refractivity contribution in [3.63, 3.8) is 0 Å². The summed E-state index contributed by atoms with van der Waals surface area (Å²) in [4.78, 5) is 16.9. The minimum absolute atomic E-state index is 0.0325. The van der Waals surface area contributed by atoms with Crippen LogP contribution >= 0.6 is 0 Å². The van der Waals surface area contributed by atoms with Crippen LogP contribution in [0.2, 0.25) is 0 Å². The highest BCUT2D eigenvalue weighted by atomic mass is 19.4. The molecule has 1 aromatic carbocycles. The zero-order valence-corrected chi connectivity index (χ0v) is 18.1. The standard InChI is InChI=1S/C23H22F3N3O3/c1-22(2,13-27)15-6-8-29-16(12-28-20(29)11-15)14-9-18(31-3)21(19(10-14)32-4)17(30)5-7-23(24,25)26/h6,8-12H,5,7H2,1-4H3. The summed E-state index contributed by atoms with van der Waals surface area (Å²) in [6.07, 6.45) is -2.96. The number of methoxy groups -OCH3 is 2. The molecule has 0 aliphatic rings. The van der Waals surface area contributed by atoms with Crippen LogP contribution in [-0.4, -0.2) is 35.6 Å². The number of ketones is 1. The smallest absolute Gasteiger partial charge is 0.389 e. The number of aromatic nitrogens is 2. The van der Waals surface area contributed by atoms with E-state index in [0.717, 1.165) is 5.56 Å². The molecule has 0 unspecified atom stereocenters. The third-order valence-corrected chi connectivity index (χ3v) is 5.23. The molecule has 0 fully saturated rings. The number of Topliss-reactive ketones (excluding diaryl/α,β-unsaturated/α-hetero) is 1. The van der Waals surface area contributed by atoms with Crippen molar-refractivity contribution >= 4 is 11.4 Å². The van der Waals surface area contributed by atoms with Crippen LogP contribution in [0.15, 0.2) is 36.7 Å². The van der Waals surface area contributed by atoms with Crippen LogP contribution in [-0.2, 0) is 5.41 Å². The Labute approximate surface area is 183 Å². The number of hydrogen-bond acceptors (Lipinski definition) is 5. The molecule has 32 heavy (non-hydrogen) atoms. The third kappa shape index (κ3) is 4.54. The molecule has 2 heterocycles. The lowest BCUT2D eigenvalue weighted by molar-refractivity contribution is -0.133. The van der Waals surface area contributed by atoms with E-state index in [0.29, 0.717) is 16.9 Å². The lowest BCUT2D eigenvalue weighted by atomic mass is 9.87. The average Bonchev–Trinajstić information content (AvgIpc) is 3.19. The molecule has 3 rings (SSSR count). The largest absolute Gasteiger partial charge is 0.496 e. The van der Waals surface area contributed by atoms with Gasteiger partial charge in [0, 0.05) is 18.2 Å². The van der Waals surface area contributed by atoms with Crippen LogP contribution in [0.3, 0.4) is 0 Å². The average molecular weight is 445 g/mol. The molecular formula is C23H22F3N3O3. The molecule has 0 amide bonds. The number of benzene rings is 1. The summed E-state index contributed by atoms with van der Waals surface area (Å²) in [6.45, 7) is 3.62. The molecule has 0 radical (unpaired) electrons. The monoisotopic (exact) mass is 445 g/mol. The Balaban J connectivity index is 2.07. The molecule has 0 bridgehead atoms. The molecule has 6 nitrogen and oxygen atoms in total. The Kier molecular flexibility index (Phi) is 6.17. The quantitative estimate of drug-likeness (QED) is 0.459. The number of fused-ring (bicyclic) bond motifs is 1. The summed E-state index contributed by atoms with van der Waals surface area (Å²) in [5, 5.41) is 9.38. The summed E-state index contributed by atoms with van der Waals surface area (Å²) in [5.74, 6) is -0.489. The highest BCUT2D eigenvalue weighted by Crippen LogP contribution is 2.37. The molecular weight excluding hydrogens is 423 g/mol. The van der Waals surface area contributed by atoms with Gasteiger partial charge in [0.15, 0.2) is 5.78 Å². The van der Waals surface area contributed by atoms with Crippen molar-refractivity contribution in [3.05, 3.63) is 47.8 Å². The van der Waals surface area contributed by atoms with Crippen molar-refractivity contribution in [3.8, 4) is 28.8 Å². The SMILES string of the molecule is COc1cc(-c2cnc3cc(C(C)(C)C#N)ccn23)cc(OC)c1C(=O)CCC(F)(F)F. The molecule has 9 heteroatoms. The number of alkyl halides is 3. The predicted octanol–water partition coefficient (Wildman–Crippen LogP) is 5.34. The molecule has 3 aromatic rings. The van der Waals surface area contributed by atoms with Gasteiger partial charge in [0.1, 0.15) is 22.7 Å². The van der Waals surface area contributed by atoms with Gasteiger partial charge >= 0.3 is 6.18 Å². The van der Waals surface area contributed by atoms with Crippen LogP contribution in [0.25, 0.3) is 16.9 Å². The first-order valence-electron chi connectivity index (χ1n) is 9.76. The molecule has 0 N–H and O–H groups in total. The second kappa shape index (κ2) is 8.54. The minimum Gasteiger partial charge on any atom is -0.496 e. The number of halogens is 3. The number of carbonyl (C=O) groups excluding carboxylic acids is 1. The van der Waals surface area contributed by atoms with Crippen LogP contribution in [0.4, 0.5) is 13.2 Å². The van der Waals surface area contributed by atoms with Crippen molar-refractivity contribution < 1.29 is 27.4 Å². The van der Waals surface area contributed by atoms with E-state index in [-0.39, 0.29) is 17.1 Å². The van der Waals surface area contributed by atoms with Gasteiger partial charge in [-0.3, -0.25) is 9.20 Å². The minimum atomic E-state index is -4.44. The van der Waals surface area contributed by atoms with Crippen molar-refractivity contribution in [1.82, 2.24) is 9.38 Å². The maximum absolute atomic E-state index is 12.6. The molecule has 2 aromatic heterocycles. The number of nitriles is 1. The van der Waals surface area contributed by atoms with E-state index in [9.17, 15) is 23.2 Å². The van der Waals surface area contributed by atoms with E-state index in [1.54, 1.807) is 28.9 Å². The van der Waals surface area contributed by atoms with E-state index in [4.69, 9.17) is 9.47 Å². The van der Waals surface area contributed by atoms with Gasteiger partial charge in [-0.25, -0.2) is 4.98 Å². The maximum Gasteiger partial charge on any atom is 0.389 e. The predicted molar refractivity (Wildman–Crippen MR) is 112 cm³/mol. The van der Waals surface area contributed by atoms with Gasteiger partial charge in [-0.2, -0.15) is 18.4 Å². The molecule has 0 saturated heterocycles. The topological polar surface area (TPSA) is 76.6 Å². The molecule has 0 saturated carbocycles. The van der Waals surface area contributed by atoms with Crippen LogP contribution in [0, 0.1) is 11.3 Å². The fraction of sp³-hybridized carbons (Fsp3) is 0.348. The zero-order chi connectivity index (χ0) is 23.7. The fourth-order valence-corrected chi connectivity index (χ4v) is 3.36. The lowest BCUT2D eigenvalue weighted by Gasteiger charge is -2.16. The zero-order valence-electron chi connectivity index (χ0n) is 18.1. The van der Waals surface area contributed by atoms with Gasteiger partial charge in [0.05, 0.1) is 44.0 Å². The molecule has 0 atom stereocenters. The number of pyridine rings is 1. The Morgan fingerprint density at radius 2 is 1.78 bits per heavy atom. The van der Waals surface area contributed by atoms with Crippen LogP contribution in [0.5, 0.6) is 11.5 Å². The van der Waals surface area contributed by atoms with E-state index < -0.39 is 30.2 Å². The molecule has 0 aliphatic heterocycles. The second-order valence-corrected chi connectivity index (χ2v) is 7.82. The van der Waals surface area contributed by atoms with E-state index >= 15 is 0 Å². The van der Waals surface area contributed by atoms with Gasteiger partial charge < -0.3 is 9.47 Å². The van der Waals surface area contributed by atoms with Gasteiger partial charge in [-0.1, -0.05) is 0 Å². The summed E-state index contributed by atoms with van der Waals surface area (Å²) in [5.41, 5.74) is 1.97. The van der Waals surface area contributed by atoms with Crippen LogP contribution < -0.4 is 9.47 Å². The molecule has 168 valence electrons. The first kappa shape index (κ1) is 23.1. The van der Waals surface area contributed by atoms with E-state index in [2.05, 4.69) is 11.1 Å².